The first-order chi connectivity index (χ1) is 8.74. The van der Waals surface area contributed by atoms with Crippen LogP contribution >= 0.6 is 11.3 Å². The largest absolute Gasteiger partial charge is 0.399 e. The van der Waals surface area contributed by atoms with Crippen LogP contribution in [0.5, 0.6) is 0 Å². The molecule has 0 aliphatic carbocycles. The highest BCUT2D eigenvalue weighted by molar-refractivity contribution is 7.09. The van der Waals surface area contributed by atoms with Crippen molar-refractivity contribution in [2.75, 3.05) is 17.6 Å². The van der Waals surface area contributed by atoms with E-state index < -0.39 is 0 Å². The fourth-order valence-corrected chi connectivity index (χ4v) is 2.25. The number of anilines is 2. The van der Waals surface area contributed by atoms with Gasteiger partial charge in [0.2, 0.25) is 0 Å². The van der Waals surface area contributed by atoms with Crippen LogP contribution in [0.25, 0.3) is 0 Å². The normalized spacial score (nSPS) is 10.0. The molecule has 2 aromatic rings. The molecule has 0 bridgehead atoms. The summed E-state index contributed by atoms with van der Waals surface area (Å²) in [5.74, 6) is 0. The van der Waals surface area contributed by atoms with Gasteiger partial charge in [-0.1, -0.05) is 12.1 Å². The maximum atomic E-state index is 11.6. The van der Waals surface area contributed by atoms with E-state index in [1.54, 1.807) is 35.6 Å². The standard InChI is InChI=1S/C13H15N3OS/c14-10-3-1-4-11(9-10)16-13(17)15-7-6-12-5-2-8-18-12/h1-5,8-9H,6-7,14H2,(H2,15,16,17). The Balaban J connectivity index is 1.75. The van der Waals surface area contributed by atoms with Gasteiger partial charge in [-0.3, -0.25) is 0 Å². The van der Waals surface area contributed by atoms with Gasteiger partial charge >= 0.3 is 6.03 Å². The summed E-state index contributed by atoms with van der Waals surface area (Å²) >= 11 is 1.69. The number of carbonyl (C=O) groups is 1. The minimum Gasteiger partial charge on any atom is -0.399 e. The summed E-state index contributed by atoms with van der Waals surface area (Å²) in [4.78, 5) is 12.9. The zero-order valence-electron chi connectivity index (χ0n) is 9.85. The molecule has 1 aromatic heterocycles. The second-order valence-corrected chi connectivity index (χ2v) is 4.87. The Morgan fingerprint density at radius 1 is 1.28 bits per heavy atom. The van der Waals surface area contributed by atoms with E-state index in [1.165, 1.54) is 4.88 Å². The lowest BCUT2D eigenvalue weighted by Gasteiger charge is -2.07. The Hall–Kier alpha value is -2.01. The van der Waals surface area contributed by atoms with Crippen LogP contribution in [0.4, 0.5) is 16.2 Å². The van der Waals surface area contributed by atoms with Gasteiger partial charge in [0, 0.05) is 22.8 Å². The van der Waals surface area contributed by atoms with Crippen LogP contribution < -0.4 is 16.4 Å². The van der Waals surface area contributed by atoms with Gasteiger partial charge in [-0.25, -0.2) is 4.79 Å². The summed E-state index contributed by atoms with van der Waals surface area (Å²) in [5.41, 5.74) is 6.96. The summed E-state index contributed by atoms with van der Waals surface area (Å²) in [6, 6.07) is 11.0. The van der Waals surface area contributed by atoms with Crippen molar-refractivity contribution >= 4 is 28.7 Å². The third-order valence-electron chi connectivity index (χ3n) is 2.38. The summed E-state index contributed by atoms with van der Waals surface area (Å²) in [7, 11) is 0. The average Bonchev–Trinajstić information content (AvgIpc) is 2.82. The van der Waals surface area contributed by atoms with E-state index in [2.05, 4.69) is 16.7 Å². The van der Waals surface area contributed by atoms with Crippen molar-refractivity contribution < 1.29 is 4.79 Å². The maximum Gasteiger partial charge on any atom is 0.319 e. The van der Waals surface area contributed by atoms with Crippen LogP contribution in [-0.4, -0.2) is 12.6 Å². The number of nitrogen functional groups attached to an aromatic ring is 1. The van der Waals surface area contributed by atoms with E-state index >= 15 is 0 Å². The van der Waals surface area contributed by atoms with Crippen molar-refractivity contribution in [2.24, 2.45) is 0 Å². The van der Waals surface area contributed by atoms with Gasteiger partial charge in [0.15, 0.2) is 0 Å². The quantitative estimate of drug-likeness (QED) is 0.741. The second kappa shape index (κ2) is 6.07. The van der Waals surface area contributed by atoms with Gasteiger partial charge in [-0.2, -0.15) is 0 Å². The Kier molecular flexibility index (Phi) is 4.20. The highest BCUT2D eigenvalue weighted by Gasteiger charge is 2.01. The van der Waals surface area contributed by atoms with E-state index in [-0.39, 0.29) is 6.03 Å². The van der Waals surface area contributed by atoms with Crippen molar-refractivity contribution in [3.8, 4) is 0 Å². The molecule has 2 amide bonds. The monoisotopic (exact) mass is 261 g/mol. The zero-order chi connectivity index (χ0) is 12.8. The fourth-order valence-electron chi connectivity index (χ4n) is 1.55. The van der Waals surface area contributed by atoms with Gasteiger partial charge in [0.05, 0.1) is 0 Å². The van der Waals surface area contributed by atoms with Crippen LogP contribution in [0.3, 0.4) is 0 Å². The number of urea groups is 1. The molecular formula is C13H15N3OS. The molecule has 0 radical (unpaired) electrons. The van der Waals surface area contributed by atoms with Crippen LogP contribution in [0.15, 0.2) is 41.8 Å². The number of hydrogen-bond acceptors (Lipinski definition) is 3. The number of amides is 2. The van der Waals surface area contributed by atoms with Crippen LogP contribution in [0.2, 0.25) is 0 Å². The zero-order valence-corrected chi connectivity index (χ0v) is 10.7. The summed E-state index contributed by atoms with van der Waals surface area (Å²) in [5, 5.41) is 7.57. The molecular weight excluding hydrogens is 246 g/mol. The maximum absolute atomic E-state index is 11.6. The topological polar surface area (TPSA) is 67.1 Å². The molecule has 0 aliphatic rings. The molecule has 5 heteroatoms. The van der Waals surface area contributed by atoms with E-state index in [0.717, 1.165) is 6.42 Å². The van der Waals surface area contributed by atoms with Crippen LogP contribution in [-0.2, 0) is 6.42 Å². The van der Waals surface area contributed by atoms with Crippen molar-refractivity contribution in [3.05, 3.63) is 46.7 Å². The van der Waals surface area contributed by atoms with E-state index in [1.807, 2.05) is 11.4 Å². The van der Waals surface area contributed by atoms with Crippen molar-refractivity contribution in [1.29, 1.82) is 0 Å². The molecule has 0 saturated carbocycles. The van der Waals surface area contributed by atoms with Crippen molar-refractivity contribution in [3.63, 3.8) is 0 Å². The molecule has 0 unspecified atom stereocenters. The van der Waals surface area contributed by atoms with Gasteiger partial charge < -0.3 is 16.4 Å². The predicted octanol–water partition coefficient (Wildman–Crippen LogP) is 2.69. The number of nitrogens with one attached hydrogen (secondary N) is 2. The third kappa shape index (κ3) is 3.78. The van der Waals surface area contributed by atoms with Crippen molar-refractivity contribution in [2.45, 2.75) is 6.42 Å². The Labute approximate surface area is 110 Å². The molecule has 1 aromatic carbocycles. The molecule has 1 heterocycles. The molecule has 0 atom stereocenters. The number of carbonyl (C=O) groups excluding carboxylic acids is 1. The average molecular weight is 261 g/mol. The lowest BCUT2D eigenvalue weighted by Crippen LogP contribution is -2.30. The first-order valence-electron chi connectivity index (χ1n) is 5.67. The van der Waals surface area contributed by atoms with E-state index in [9.17, 15) is 4.79 Å². The van der Waals surface area contributed by atoms with Crippen LogP contribution in [0, 0.1) is 0 Å². The molecule has 18 heavy (non-hydrogen) atoms. The number of rotatable bonds is 4. The lowest BCUT2D eigenvalue weighted by molar-refractivity contribution is 0.252. The number of thiophene rings is 1. The van der Waals surface area contributed by atoms with Gasteiger partial charge in [0.25, 0.3) is 0 Å². The Morgan fingerprint density at radius 2 is 2.17 bits per heavy atom. The number of hydrogen-bond donors (Lipinski definition) is 3. The third-order valence-corrected chi connectivity index (χ3v) is 3.32. The SMILES string of the molecule is Nc1cccc(NC(=O)NCCc2cccs2)c1. The highest BCUT2D eigenvalue weighted by Crippen LogP contribution is 2.11. The lowest BCUT2D eigenvalue weighted by atomic mass is 10.3. The minimum absolute atomic E-state index is 0.211. The number of nitrogens with two attached hydrogens (primary N) is 1. The van der Waals surface area contributed by atoms with Crippen LogP contribution in [0.1, 0.15) is 4.88 Å². The van der Waals surface area contributed by atoms with Gasteiger partial charge in [0.1, 0.15) is 0 Å². The molecule has 0 fully saturated rings. The molecule has 0 saturated heterocycles. The summed E-state index contributed by atoms with van der Waals surface area (Å²) in [6.45, 7) is 0.620. The molecule has 4 nitrogen and oxygen atoms in total. The first kappa shape index (κ1) is 12.4. The van der Waals surface area contributed by atoms with E-state index in [4.69, 9.17) is 5.73 Å². The smallest absolute Gasteiger partial charge is 0.319 e. The predicted molar refractivity (Wildman–Crippen MR) is 75.9 cm³/mol. The second-order valence-electron chi connectivity index (χ2n) is 3.84. The Bertz CT molecular complexity index is 511. The Morgan fingerprint density at radius 3 is 2.89 bits per heavy atom. The summed E-state index contributed by atoms with van der Waals surface area (Å²) in [6.07, 6.45) is 0.849. The van der Waals surface area contributed by atoms with Gasteiger partial charge in [-0.15, -0.1) is 11.3 Å². The highest BCUT2D eigenvalue weighted by atomic mass is 32.1. The summed E-state index contributed by atoms with van der Waals surface area (Å²) < 4.78 is 0. The van der Waals surface area contributed by atoms with Gasteiger partial charge in [-0.05, 0) is 36.1 Å². The first-order valence-corrected chi connectivity index (χ1v) is 6.55. The molecule has 0 aliphatic heterocycles. The minimum atomic E-state index is -0.211. The fraction of sp³-hybridized carbons (Fsp3) is 0.154. The molecule has 94 valence electrons. The molecule has 0 spiro atoms. The van der Waals surface area contributed by atoms with E-state index in [0.29, 0.717) is 17.9 Å². The molecule has 2 rings (SSSR count). The van der Waals surface area contributed by atoms with Crippen molar-refractivity contribution in [1.82, 2.24) is 5.32 Å². The molecule has 4 N–H and O–H groups in total. The number of benzene rings is 1.